The summed E-state index contributed by atoms with van der Waals surface area (Å²) in [7, 11) is 1.68. The first-order valence-electron chi connectivity index (χ1n) is 4.92. The number of hydrogen-bond donors (Lipinski definition) is 1. The summed E-state index contributed by atoms with van der Waals surface area (Å²) in [5, 5.41) is 9.13. The van der Waals surface area contributed by atoms with Crippen molar-refractivity contribution in [1.29, 1.82) is 0 Å². The molecule has 0 saturated heterocycles. The number of nitrogens with zero attached hydrogens (tertiary/aromatic N) is 2. The molecule has 4 nitrogen and oxygen atoms in total. The van der Waals surface area contributed by atoms with Crippen molar-refractivity contribution in [1.82, 2.24) is 9.55 Å². The molecule has 0 aliphatic carbocycles. The van der Waals surface area contributed by atoms with Gasteiger partial charge >= 0.3 is 5.97 Å². The molecular weight excluding hydrogens is 204 g/mol. The molecule has 0 unspecified atom stereocenters. The number of carboxylic acid groups (broad SMARTS) is 1. The maximum absolute atomic E-state index is 11.1. The summed E-state index contributed by atoms with van der Waals surface area (Å²) in [4.78, 5) is 15.3. The van der Waals surface area contributed by atoms with Gasteiger partial charge in [0.1, 0.15) is 5.69 Å². The molecule has 0 aliphatic heterocycles. The van der Waals surface area contributed by atoms with E-state index >= 15 is 0 Å². The molecule has 0 atom stereocenters. The highest BCUT2D eigenvalue weighted by Gasteiger charge is 2.18. The van der Waals surface area contributed by atoms with Gasteiger partial charge in [-0.2, -0.15) is 0 Å². The zero-order valence-corrected chi connectivity index (χ0v) is 9.14. The fraction of sp³-hybridized carbons (Fsp3) is 0.167. The molecule has 0 radical (unpaired) electrons. The van der Waals surface area contributed by atoms with Crippen molar-refractivity contribution in [3.63, 3.8) is 0 Å². The Hall–Kier alpha value is -2.10. The van der Waals surface area contributed by atoms with E-state index in [1.54, 1.807) is 7.05 Å². The standard InChI is InChI=1S/C12H12N2O2/c1-8-5-3-4-6-9(8)10-11(12(15)16)14(2)7-13-10/h3-7H,1-2H3,(H,15,16). The summed E-state index contributed by atoms with van der Waals surface area (Å²) in [6.07, 6.45) is 1.52. The second kappa shape index (κ2) is 3.81. The highest BCUT2D eigenvalue weighted by Crippen LogP contribution is 2.24. The van der Waals surface area contributed by atoms with Crippen LogP contribution in [0.3, 0.4) is 0 Å². The fourth-order valence-corrected chi connectivity index (χ4v) is 1.72. The number of carboxylic acids is 1. The van der Waals surface area contributed by atoms with Crippen LogP contribution in [0.25, 0.3) is 11.3 Å². The van der Waals surface area contributed by atoms with Crippen molar-refractivity contribution in [2.75, 3.05) is 0 Å². The lowest BCUT2D eigenvalue weighted by molar-refractivity contribution is 0.0687. The van der Waals surface area contributed by atoms with E-state index in [-0.39, 0.29) is 5.69 Å². The molecule has 0 aliphatic rings. The quantitative estimate of drug-likeness (QED) is 0.836. The maximum Gasteiger partial charge on any atom is 0.354 e. The van der Waals surface area contributed by atoms with Gasteiger partial charge in [-0.3, -0.25) is 0 Å². The second-order valence-electron chi connectivity index (χ2n) is 3.67. The van der Waals surface area contributed by atoms with Crippen LogP contribution in [0.4, 0.5) is 0 Å². The van der Waals surface area contributed by atoms with Crippen LogP contribution in [0.1, 0.15) is 16.1 Å². The molecule has 0 fully saturated rings. The molecule has 2 rings (SSSR count). The average molecular weight is 216 g/mol. The van der Waals surface area contributed by atoms with Crippen LogP contribution in [-0.4, -0.2) is 20.6 Å². The molecule has 0 amide bonds. The van der Waals surface area contributed by atoms with E-state index in [1.165, 1.54) is 10.9 Å². The zero-order chi connectivity index (χ0) is 11.7. The molecule has 1 aromatic carbocycles. The van der Waals surface area contributed by atoms with Crippen molar-refractivity contribution in [3.05, 3.63) is 41.9 Å². The van der Waals surface area contributed by atoms with Crippen molar-refractivity contribution >= 4 is 5.97 Å². The maximum atomic E-state index is 11.1. The molecule has 0 spiro atoms. The minimum atomic E-state index is -0.960. The zero-order valence-electron chi connectivity index (χ0n) is 9.14. The first kappa shape index (κ1) is 10.4. The highest BCUT2D eigenvalue weighted by molar-refractivity contribution is 5.93. The molecule has 0 saturated carbocycles. The smallest absolute Gasteiger partial charge is 0.354 e. The lowest BCUT2D eigenvalue weighted by Crippen LogP contribution is -2.05. The average Bonchev–Trinajstić information content (AvgIpc) is 2.61. The number of aromatic carboxylic acids is 1. The molecule has 4 heteroatoms. The van der Waals surface area contributed by atoms with E-state index in [4.69, 9.17) is 5.11 Å². The molecule has 1 N–H and O–H groups in total. The monoisotopic (exact) mass is 216 g/mol. The van der Waals surface area contributed by atoms with Gasteiger partial charge in [-0.25, -0.2) is 9.78 Å². The van der Waals surface area contributed by atoms with Gasteiger partial charge in [-0.1, -0.05) is 24.3 Å². The number of aryl methyl sites for hydroxylation is 2. The summed E-state index contributed by atoms with van der Waals surface area (Å²) < 4.78 is 1.52. The van der Waals surface area contributed by atoms with Crippen LogP contribution in [-0.2, 0) is 7.05 Å². The van der Waals surface area contributed by atoms with E-state index in [9.17, 15) is 4.79 Å². The number of rotatable bonds is 2. The van der Waals surface area contributed by atoms with E-state index in [2.05, 4.69) is 4.98 Å². The van der Waals surface area contributed by atoms with E-state index in [0.717, 1.165) is 11.1 Å². The van der Waals surface area contributed by atoms with Gasteiger partial charge in [-0.05, 0) is 12.5 Å². The number of benzene rings is 1. The lowest BCUT2D eigenvalue weighted by Gasteiger charge is -2.04. The Labute approximate surface area is 93.2 Å². The van der Waals surface area contributed by atoms with Gasteiger partial charge in [0, 0.05) is 12.6 Å². The van der Waals surface area contributed by atoms with Crippen molar-refractivity contribution < 1.29 is 9.90 Å². The van der Waals surface area contributed by atoms with Gasteiger partial charge in [0.25, 0.3) is 0 Å². The van der Waals surface area contributed by atoms with Crippen LogP contribution in [0.15, 0.2) is 30.6 Å². The Balaban J connectivity index is 2.66. The number of aromatic nitrogens is 2. The van der Waals surface area contributed by atoms with E-state index < -0.39 is 5.97 Å². The topological polar surface area (TPSA) is 55.1 Å². The van der Waals surface area contributed by atoms with Crippen LogP contribution < -0.4 is 0 Å². The molecule has 1 heterocycles. The van der Waals surface area contributed by atoms with Gasteiger partial charge in [0.2, 0.25) is 0 Å². The molecular formula is C12H12N2O2. The second-order valence-corrected chi connectivity index (χ2v) is 3.67. The third kappa shape index (κ3) is 1.58. The summed E-state index contributed by atoms with van der Waals surface area (Å²) in [6.45, 7) is 1.94. The summed E-state index contributed by atoms with van der Waals surface area (Å²) >= 11 is 0. The first-order chi connectivity index (χ1) is 7.61. The predicted molar refractivity (Wildman–Crippen MR) is 60.3 cm³/mol. The summed E-state index contributed by atoms with van der Waals surface area (Å²) in [5.74, 6) is -0.960. The van der Waals surface area contributed by atoms with Crippen molar-refractivity contribution in [2.24, 2.45) is 7.05 Å². The molecule has 82 valence electrons. The minimum absolute atomic E-state index is 0.217. The lowest BCUT2D eigenvalue weighted by atomic mass is 10.0. The van der Waals surface area contributed by atoms with Crippen LogP contribution >= 0.6 is 0 Å². The number of hydrogen-bond acceptors (Lipinski definition) is 2. The molecule has 2 aromatic rings. The van der Waals surface area contributed by atoms with E-state index in [0.29, 0.717) is 5.69 Å². The Bertz CT molecular complexity index is 544. The van der Waals surface area contributed by atoms with Gasteiger partial charge in [-0.15, -0.1) is 0 Å². The Kier molecular flexibility index (Phi) is 2.48. The van der Waals surface area contributed by atoms with Gasteiger partial charge in [0.05, 0.1) is 6.33 Å². The number of imidazole rings is 1. The number of carbonyl (C=O) groups is 1. The van der Waals surface area contributed by atoms with Crippen LogP contribution in [0.2, 0.25) is 0 Å². The largest absolute Gasteiger partial charge is 0.477 e. The van der Waals surface area contributed by atoms with Gasteiger partial charge in [0.15, 0.2) is 5.69 Å². The molecule has 16 heavy (non-hydrogen) atoms. The molecule has 1 aromatic heterocycles. The normalized spacial score (nSPS) is 10.4. The predicted octanol–water partition coefficient (Wildman–Crippen LogP) is 2.09. The third-order valence-corrected chi connectivity index (χ3v) is 2.54. The molecule has 0 bridgehead atoms. The fourth-order valence-electron chi connectivity index (χ4n) is 1.72. The highest BCUT2D eigenvalue weighted by atomic mass is 16.4. The first-order valence-corrected chi connectivity index (χ1v) is 4.92. The third-order valence-electron chi connectivity index (χ3n) is 2.54. The van der Waals surface area contributed by atoms with Crippen LogP contribution in [0, 0.1) is 6.92 Å². The van der Waals surface area contributed by atoms with Crippen molar-refractivity contribution in [2.45, 2.75) is 6.92 Å². The Morgan fingerprint density at radius 2 is 2.06 bits per heavy atom. The summed E-state index contributed by atoms with van der Waals surface area (Å²) in [5.41, 5.74) is 2.62. The summed E-state index contributed by atoms with van der Waals surface area (Å²) in [6, 6.07) is 7.62. The Morgan fingerprint density at radius 3 is 2.69 bits per heavy atom. The van der Waals surface area contributed by atoms with Crippen molar-refractivity contribution in [3.8, 4) is 11.3 Å². The van der Waals surface area contributed by atoms with Crippen LogP contribution in [0.5, 0.6) is 0 Å². The SMILES string of the molecule is Cc1ccccc1-c1ncn(C)c1C(=O)O. The minimum Gasteiger partial charge on any atom is -0.477 e. The van der Waals surface area contributed by atoms with E-state index in [1.807, 2.05) is 31.2 Å². The Morgan fingerprint density at radius 1 is 1.38 bits per heavy atom. The van der Waals surface area contributed by atoms with Gasteiger partial charge < -0.3 is 9.67 Å².